The quantitative estimate of drug-likeness (QED) is 0.408. The maximum absolute atomic E-state index is 12.5. The van der Waals surface area contributed by atoms with Crippen LogP contribution in [0.4, 0.5) is 13.2 Å². The van der Waals surface area contributed by atoms with Gasteiger partial charge in [-0.25, -0.2) is 0 Å². The summed E-state index contributed by atoms with van der Waals surface area (Å²) in [6.07, 6.45) is -4.35. The van der Waals surface area contributed by atoms with Crippen molar-refractivity contribution < 1.29 is 22.7 Å². The summed E-state index contributed by atoms with van der Waals surface area (Å²) in [5.41, 5.74) is -0.211. The van der Waals surface area contributed by atoms with Gasteiger partial charge in [0.1, 0.15) is 12.1 Å². The van der Waals surface area contributed by atoms with Crippen LogP contribution in [0.3, 0.4) is 0 Å². The number of hydrogen-bond acceptors (Lipinski definition) is 2. The van der Waals surface area contributed by atoms with Crippen LogP contribution in [0.25, 0.3) is 0 Å². The first kappa shape index (κ1) is 17.9. The third kappa shape index (κ3) is 5.67. The minimum absolute atomic E-state index is 0.124. The summed E-state index contributed by atoms with van der Waals surface area (Å²) in [4.78, 5) is 11.4. The average Bonchev–Trinajstić information content (AvgIpc) is 2.25. The Morgan fingerprint density at radius 2 is 1.78 bits per heavy atom. The van der Waals surface area contributed by atoms with Gasteiger partial charge in [0.2, 0.25) is 0 Å². The van der Waals surface area contributed by atoms with E-state index in [0.29, 0.717) is 14.9 Å². The largest absolute Gasteiger partial charge is 0.493 e. The summed E-state index contributed by atoms with van der Waals surface area (Å²) < 4.78 is 43.0. The molecule has 18 heavy (non-hydrogen) atoms. The van der Waals surface area contributed by atoms with Crippen LogP contribution in [-0.4, -0.2) is 37.8 Å². The van der Waals surface area contributed by atoms with E-state index in [2.05, 4.69) is 0 Å². The molecule has 7 heteroatoms. The van der Waals surface area contributed by atoms with Crippen molar-refractivity contribution in [1.29, 1.82) is 0 Å². The van der Waals surface area contributed by atoms with Gasteiger partial charge in [-0.05, 0) is 19.5 Å². The van der Waals surface area contributed by atoms with E-state index in [0.717, 1.165) is 0 Å². The number of Topliss-reactive ketones (excluding diaryl/α,β-unsaturated/α-hetero) is 1. The molecule has 0 heterocycles. The third-order valence-corrected chi connectivity index (χ3v) is 3.22. The fraction of sp³-hybridized carbons (Fsp3) is 0.727. The van der Waals surface area contributed by atoms with E-state index in [9.17, 15) is 18.0 Å². The molecular formula is C11H19F3O2P2. The molecular weight excluding hydrogens is 283 g/mol. The smallest absolute Gasteiger partial charge is 0.454 e. The van der Waals surface area contributed by atoms with Crippen molar-refractivity contribution >= 4 is 22.9 Å². The van der Waals surface area contributed by atoms with Crippen LogP contribution in [-0.2, 0) is 9.53 Å². The van der Waals surface area contributed by atoms with Crippen molar-refractivity contribution in [3.05, 3.63) is 11.3 Å². The normalized spacial score (nSPS) is 14.9. The number of carbonyl (C=O) groups excluding carboxylic acids is 1. The van der Waals surface area contributed by atoms with Crippen molar-refractivity contribution in [3.8, 4) is 0 Å². The van der Waals surface area contributed by atoms with Gasteiger partial charge < -0.3 is 4.74 Å². The Kier molecular flexibility index (Phi) is 8.05. The molecule has 0 aromatic rings. The van der Waals surface area contributed by atoms with E-state index in [1.165, 1.54) is 0 Å². The van der Waals surface area contributed by atoms with Crippen molar-refractivity contribution in [3.63, 3.8) is 0 Å². The van der Waals surface area contributed by atoms with Gasteiger partial charge in [0.15, 0.2) is 0 Å². The predicted octanol–water partition coefficient (Wildman–Crippen LogP) is 3.62. The fourth-order valence-corrected chi connectivity index (χ4v) is 2.37. The van der Waals surface area contributed by atoms with Gasteiger partial charge in [0.25, 0.3) is 5.78 Å². The summed E-state index contributed by atoms with van der Waals surface area (Å²) >= 11 is 0. The highest BCUT2D eigenvalue weighted by molar-refractivity contribution is 7.37. The van der Waals surface area contributed by atoms with Gasteiger partial charge in [-0.2, -0.15) is 13.2 Å². The molecule has 0 saturated carbocycles. The molecule has 0 N–H and O–H groups in total. The van der Waals surface area contributed by atoms with Gasteiger partial charge in [0.05, 0.1) is 0 Å². The summed E-state index contributed by atoms with van der Waals surface area (Å²) in [5.74, 6) is -1.79. The van der Waals surface area contributed by atoms with Crippen LogP contribution < -0.4 is 0 Å². The Labute approximate surface area is 109 Å². The fourth-order valence-electron chi connectivity index (χ4n) is 1.38. The van der Waals surface area contributed by atoms with Crippen molar-refractivity contribution in [2.75, 3.05) is 25.8 Å². The van der Waals surface area contributed by atoms with Gasteiger partial charge in [-0.3, -0.25) is 4.79 Å². The molecule has 0 aromatic heterocycles. The number of rotatable bonds is 7. The maximum Gasteiger partial charge on any atom is 0.454 e. The maximum atomic E-state index is 12.5. The standard InChI is InChI=1S/C11H19F3O2P2/c1-7(2)9(16-6-18-4)8(5-17-3)10(15)11(12,13)14/h7,17-18H,5-6H2,1-4H3/b9-8-. The lowest BCUT2D eigenvalue weighted by Gasteiger charge is -2.19. The molecule has 0 fully saturated rings. The minimum atomic E-state index is -4.83. The molecule has 0 aliphatic rings. The second-order valence-corrected chi connectivity index (χ2v) is 6.05. The molecule has 0 aliphatic carbocycles. The highest BCUT2D eigenvalue weighted by Crippen LogP contribution is 2.29. The molecule has 2 unspecified atom stereocenters. The molecule has 0 saturated heterocycles. The number of ketones is 1. The lowest BCUT2D eigenvalue weighted by molar-refractivity contribution is -0.166. The Morgan fingerprint density at radius 3 is 2.11 bits per heavy atom. The molecule has 0 bridgehead atoms. The first-order valence-corrected chi connectivity index (χ1v) is 8.93. The van der Waals surface area contributed by atoms with Gasteiger partial charge in [0, 0.05) is 11.5 Å². The second kappa shape index (κ2) is 8.12. The van der Waals surface area contributed by atoms with E-state index in [1.807, 2.05) is 6.66 Å². The van der Waals surface area contributed by atoms with Gasteiger partial charge in [-0.1, -0.05) is 22.4 Å². The van der Waals surface area contributed by atoms with Crippen molar-refractivity contribution in [1.82, 2.24) is 0 Å². The summed E-state index contributed by atoms with van der Waals surface area (Å²) in [6.45, 7) is 7.13. The van der Waals surface area contributed by atoms with E-state index in [4.69, 9.17) is 4.74 Å². The topological polar surface area (TPSA) is 26.3 Å². The van der Waals surface area contributed by atoms with Crippen LogP contribution in [0.1, 0.15) is 13.8 Å². The van der Waals surface area contributed by atoms with E-state index < -0.39 is 12.0 Å². The summed E-state index contributed by atoms with van der Waals surface area (Å²) in [7, 11) is 0.716. The molecule has 0 rings (SSSR count). The number of halogens is 3. The highest BCUT2D eigenvalue weighted by atomic mass is 31.1. The van der Waals surface area contributed by atoms with Crippen LogP contribution in [0.5, 0.6) is 0 Å². The molecule has 2 atom stereocenters. The molecule has 0 radical (unpaired) electrons. The Bertz CT molecular complexity index is 312. The number of alkyl halides is 3. The van der Waals surface area contributed by atoms with Crippen LogP contribution in [0.15, 0.2) is 11.3 Å². The zero-order valence-electron chi connectivity index (χ0n) is 10.9. The number of hydrogen-bond donors (Lipinski definition) is 0. The van der Waals surface area contributed by atoms with E-state index in [1.54, 1.807) is 20.5 Å². The molecule has 106 valence electrons. The lowest BCUT2D eigenvalue weighted by atomic mass is 10.0. The Balaban J connectivity index is 5.39. The Morgan fingerprint density at radius 1 is 1.22 bits per heavy atom. The molecule has 0 aliphatic heterocycles. The zero-order chi connectivity index (χ0) is 14.3. The second-order valence-electron chi connectivity index (χ2n) is 4.00. The SMILES string of the molecule is CPCO/C(=C(/CPC)C(=O)C(F)(F)F)C(C)C. The number of carbonyl (C=O) groups is 1. The molecule has 0 amide bonds. The van der Waals surface area contributed by atoms with Crippen molar-refractivity contribution in [2.45, 2.75) is 20.0 Å². The molecule has 0 spiro atoms. The van der Waals surface area contributed by atoms with E-state index in [-0.39, 0.29) is 32.0 Å². The molecule has 2 nitrogen and oxygen atoms in total. The molecule has 0 aromatic carbocycles. The highest BCUT2D eigenvalue weighted by Gasteiger charge is 2.42. The third-order valence-electron chi connectivity index (χ3n) is 2.08. The van der Waals surface area contributed by atoms with Gasteiger partial charge >= 0.3 is 6.18 Å². The zero-order valence-corrected chi connectivity index (χ0v) is 12.9. The first-order valence-electron chi connectivity index (χ1n) is 5.52. The van der Waals surface area contributed by atoms with Crippen molar-refractivity contribution in [2.24, 2.45) is 5.92 Å². The lowest BCUT2D eigenvalue weighted by Crippen LogP contribution is -2.27. The average molecular weight is 302 g/mol. The monoisotopic (exact) mass is 302 g/mol. The summed E-state index contributed by atoms with van der Waals surface area (Å²) in [6, 6.07) is 0. The number of allylic oxidation sites excluding steroid dienone is 2. The van der Waals surface area contributed by atoms with Crippen LogP contribution in [0.2, 0.25) is 0 Å². The predicted molar refractivity (Wildman–Crippen MR) is 72.2 cm³/mol. The number of ether oxygens (including phenoxy) is 1. The van der Waals surface area contributed by atoms with Gasteiger partial charge in [-0.15, -0.1) is 8.58 Å². The summed E-state index contributed by atoms with van der Waals surface area (Å²) in [5, 5.41) is 0. The Hall–Kier alpha value is -0.140. The van der Waals surface area contributed by atoms with Crippen LogP contribution in [0, 0.1) is 5.92 Å². The minimum Gasteiger partial charge on any atom is -0.493 e. The van der Waals surface area contributed by atoms with Crippen LogP contribution >= 0.6 is 17.2 Å². The van der Waals surface area contributed by atoms with E-state index >= 15 is 0 Å². The first-order chi connectivity index (χ1) is 8.25.